The van der Waals surface area contributed by atoms with Crippen LogP contribution in [-0.2, 0) is 14.8 Å². The fourth-order valence-corrected chi connectivity index (χ4v) is 3.50. The number of aryl methyl sites for hydroxylation is 1. The minimum atomic E-state index is -3.88. The minimum Gasteiger partial charge on any atom is -0.492 e. The lowest BCUT2D eigenvalue weighted by Gasteiger charge is -2.13. The molecule has 8 nitrogen and oxygen atoms in total. The van der Waals surface area contributed by atoms with Crippen molar-refractivity contribution < 1.29 is 27.4 Å². The van der Waals surface area contributed by atoms with E-state index < -0.39 is 15.9 Å². The van der Waals surface area contributed by atoms with E-state index in [4.69, 9.17) is 14.2 Å². The Hall–Kier alpha value is -2.78. The van der Waals surface area contributed by atoms with Gasteiger partial charge in [-0.3, -0.25) is 4.79 Å². The van der Waals surface area contributed by atoms with Crippen LogP contribution in [-0.4, -0.2) is 47.2 Å². The van der Waals surface area contributed by atoms with Gasteiger partial charge in [0, 0.05) is 6.07 Å². The molecule has 0 heterocycles. The number of sulfonamides is 1. The van der Waals surface area contributed by atoms with Crippen molar-refractivity contribution in [1.82, 2.24) is 10.0 Å². The molecule has 0 saturated carbocycles. The maximum atomic E-state index is 12.5. The third-order valence-corrected chi connectivity index (χ3v) is 5.36. The highest BCUT2D eigenvalue weighted by Crippen LogP contribution is 2.30. The third kappa shape index (κ3) is 7.23. The van der Waals surface area contributed by atoms with E-state index in [1.54, 1.807) is 6.92 Å². The number of hydrogen-bond donors (Lipinski definition) is 2. The Morgan fingerprint density at radius 2 is 1.60 bits per heavy atom. The fourth-order valence-electron chi connectivity index (χ4n) is 2.50. The lowest BCUT2D eigenvalue weighted by atomic mass is 10.2. The maximum absolute atomic E-state index is 12.5. The second kappa shape index (κ2) is 11.4. The van der Waals surface area contributed by atoms with Crippen molar-refractivity contribution in [2.75, 3.05) is 32.9 Å². The predicted octanol–water partition coefficient (Wildman–Crippen LogP) is 2.27. The first-order valence-electron chi connectivity index (χ1n) is 9.71. The number of nitrogens with one attached hydrogen (secondary N) is 2. The van der Waals surface area contributed by atoms with Crippen LogP contribution >= 0.6 is 0 Å². The van der Waals surface area contributed by atoms with Crippen LogP contribution in [0.25, 0.3) is 0 Å². The summed E-state index contributed by atoms with van der Waals surface area (Å²) in [5.74, 6) is 1.04. The third-order valence-electron chi connectivity index (χ3n) is 3.96. The van der Waals surface area contributed by atoms with Gasteiger partial charge in [0.25, 0.3) is 0 Å². The summed E-state index contributed by atoms with van der Waals surface area (Å²) in [7, 11) is -3.88. The van der Waals surface area contributed by atoms with Gasteiger partial charge < -0.3 is 19.5 Å². The summed E-state index contributed by atoms with van der Waals surface area (Å²) in [5, 5.41) is 2.61. The second-order valence-corrected chi connectivity index (χ2v) is 8.08. The molecule has 9 heteroatoms. The smallest absolute Gasteiger partial charge is 0.241 e. The first kappa shape index (κ1) is 23.5. The van der Waals surface area contributed by atoms with E-state index >= 15 is 0 Å². The van der Waals surface area contributed by atoms with E-state index in [1.165, 1.54) is 18.2 Å². The zero-order chi connectivity index (χ0) is 22.0. The van der Waals surface area contributed by atoms with Crippen molar-refractivity contribution in [1.29, 1.82) is 0 Å². The lowest BCUT2D eigenvalue weighted by molar-refractivity contribution is -0.120. The van der Waals surface area contributed by atoms with Crippen LogP contribution in [0.3, 0.4) is 0 Å². The van der Waals surface area contributed by atoms with Crippen molar-refractivity contribution in [2.24, 2.45) is 0 Å². The van der Waals surface area contributed by atoms with Crippen LogP contribution in [0.4, 0.5) is 0 Å². The van der Waals surface area contributed by atoms with E-state index in [-0.39, 0.29) is 24.6 Å². The number of carbonyl (C=O) groups excluding carboxylic acids is 1. The number of hydrogen-bond acceptors (Lipinski definition) is 6. The molecule has 1 amide bonds. The molecule has 0 aliphatic heterocycles. The fraction of sp³-hybridized carbons (Fsp3) is 0.381. The van der Waals surface area contributed by atoms with Crippen LogP contribution in [0.15, 0.2) is 47.4 Å². The quantitative estimate of drug-likeness (QED) is 0.495. The van der Waals surface area contributed by atoms with Gasteiger partial charge in [0.05, 0.1) is 31.2 Å². The van der Waals surface area contributed by atoms with Crippen molar-refractivity contribution in [2.45, 2.75) is 25.7 Å². The topological polar surface area (TPSA) is 103 Å². The van der Waals surface area contributed by atoms with Crippen LogP contribution < -0.4 is 24.2 Å². The Morgan fingerprint density at radius 3 is 2.27 bits per heavy atom. The van der Waals surface area contributed by atoms with Crippen LogP contribution in [0.5, 0.6) is 17.2 Å². The Bertz CT molecular complexity index is 929. The predicted molar refractivity (Wildman–Crippen MR) is 114 cm³/mol. The summed E-state index contributed by atoms with van der Waals surface area (Å²) < 4.78 is 43.7. The summed E-state index contributed by atoms with van der Waals surface area (Å²) >= 11 is 0. The van der Waals surface area contributed by atoms with Crippen molar-refractivity contribution in [3.63, 3.8) is 0 Å². The molecule has 2 aromatic rings. The van der Waals surface area contributed by atoms with Gasteiger partial charge in [0.15, 0.2) is 11.5 Å². The highest BCUT2D eigenvalue weighted by molar-refractivity contribution is 7.89. The lowest BCUT2D eigenvalue weighted by Crippen LogP contribution is -2.38. The molecule has 30 heavy (non-hydrogen) atoms. The second-order valence-electron chi connectivity index (χ2n) is 6.31. The van der Waals surface area contributed by atoms with Gasteiger partial charge in [-0.05, 0) is 45.0 Å². The van der Waals surface area contributed by atoms with E-state index in [2.05, 4.69) is 10.0 Å². The first-order chi connectivity index (χ1) is 14.4. The molecule has 0 radical (unpaired) electrons. The molecule has 0 aromatic heterocycles. The van der Waals surface area contributed by atoms with Gasteiger partial charge >= 0.3 is 0 Å². The summed E-state index contributed by atoms with van der Waals surface area (Å²) in [4.78, 5) is 11.9. The monoisotopic (exact) mass is 436 g/mol. The van der Waals surface area contributed by atoms with Gasteiger partial charge in [-0.2, -0.15) is 0 Å². The van der Waals surface area contributed by atoms with Gasteiger partial charge in [-0.25, -0.2) is 13.1 Å². The van der Waals surface area contributed by atoms with E-state index in [9.17, 15) is 13.2 Å². The molecule has 0 spiro atoms. The van der Waals surface area contributed by atoms with Crippen molar-refractivity contribution in [3.05, 3.63) is 48.0 Å². The van der Waals surface area contributed by atoms with Gasteiger partial charge in [-0.15, -0.1) is 0 Å². The SMILES string of the molecule is CCOc1ccc(S(=O)(=O)NCC(=O)NCCOc2ccc(C)cc2)cc1OCC. The maximum Gasteiger partial charge on any atom is 0.241 e. The van der Waals surface area contributed by atoms with E-state index in [1.807, 2.05) is 38.1 Å². The minimum absolute atomic E-state index is 0.00934. The molecule has 2 aromatic carbocycles. The number of rotatable bonds is 12. The van der Waals surface area contributed by atoms with E-state index in [0.29, 0.717) is 30.5 Å². The molecule has 2 N–H and O–H groups in total. The normalized spacial score (nSPS) is 11.0. The Labute approximate surface area is 177 Å². The summed E-state index contributed by atoms with van der Waals surface area (Å²) in [6, 6.07) is 11.9. The van der Waals surface area contributed by atoms with Crippen molar-refractivity contribution in [3.8, 4) is 17.2 Å². The largest absolute Gasteiger partial charge is 0.492 e. The molecule has 0 atom stereocenters. The first-order valence-corrected chi connectivity index (χ1v) is 11.2. The van der Waals surface area contributed by atoms with Gasteiger partial charge in [0.1, 0.15) is 12.4 Å². The molecular formula is C21H28N2O6S. The van der Waals surface area contributed by atoms with E-state index in [0.717, 1.165) is 5.56 Å². The number of ether oxygens (including phenoxy) is 3. The average Bonchev–Trinajstić information content (AvgIpc) is 2.72. The Kier molecular flexibility index (Phi) is 8.94. The molecule has 0 saturated heterocycles. The summed E-state index contributed by atoms with van der Waals surface area (Å²) in [5.41, 5.74) is 1.13. The number of amides is 1. The summed E-state index contributed by atoms with van der Waals surface area (Å²) in [6.45, 7) is 6.54. The Balaban J connectivity index is 1.84. The molecule has 164 valence electrons. The van der Waals surface area contributed by atoms with Gasteiger partial charge in [0.2, 0.25) is 15.9 Å². The van der Waals surface area contributed by atoms with Crippen molar-refractivity contribution >= 4 is 15.9 Å². The molecule has 0 bridgehead atoms. The standard InChI is InChI=1S/C21H28N2O6S/c1-4-27-19-11-10-18(14-20(19)28-5-2)30(25,26)23-15-21(24)22-12-13-29-17-8-6-16(3)7-9-17/h6-11,14,23H,4-5,12-13,15H2,1-3H3,(H,22,24). The molecule has 0 fully saturated rings. The van der Waals surface area contributed by atoms with Gasteiger partial charge in [-0.1, -0.05) is 17.7 Å². The molecule has 0 aliphatic rings. The highest BCUT2D eigenvalue weighted by atomic mass is 32.2. The zero-order valence-corrected chi connectivity index (χ0v) is 18.3. The Morgan fingerprint density at radius 1 is 0.933 bits per heavy atom. The molecule has 2 rings (SSSR count). The summed E-state index contributed by atoms with van der Waals surface area (Å²) in [6.07, 6.45) is 0. The highest BCUT2D eigenvalue weighted by Gasteiger charge is 2.18. The van der Waals surface area contributed by atoms with Crippen LogP contribution in [0.2, 0.25) is 0 Å². The molecule has 0 unspecified atom stereocenters. The molecular weight excluding hydrogens is 408 g/mol. The number of carbonyl (C=O) groups is 1. The molecule has 0 aliphatic carbocycles. The van der Waals surface area contributed by atoms with Crippen LogP contribution in [0, 0.1) is 6.92 Å². The number of benzene rings is 2. The van der Waals surface area contributed by atoms with Crippen LogP contribution in [0.1, 0.15) is 19.4 Å². The zero-order valence-electron chi connectivity index (χ0n) is 17.4. The average molecular weight is 437 g/mol.